The van der Waals surface area contributed by atoms with Crippen molar-refractivity contribution in [3.05, 3.63) is 0 Å². The van der Waals surface area contributed by atoms with Crippen LogP contribution in [-0.2, 0) is 9.53 Å². The van der Waals surface area contributed by atoms with Gasteiger partial charge in [-0.3, -0.25) is 9.69 Å². The van der Waals surface area contributed by atoms with Gasteiger partial charge in [-0.25, -0.2) is 0 Å². The van der Waals surface area contributed by atoms with Crippen LogP contribution < -0.4 is 11.1 Å². The van der Waals surface area contributed by atoms with Gasteiger partial charge in [-0.05, 0) is 31.4 Å². The summed E-state index contributed by atoms with van der Waals surface area (Å²) in [5.74, 6) is 0.911. The van der Waals surface area contributed by atoms with Crippen LogP contribution in [0.15, 0.2) is 0 Å². The largest absolute Gasteiger partial charge is 0.379 e. The molecule has 1 heterocycles. The van der Waals surface area contributed by atoms with E-state index >= 15 is 0 Å². The van der Waals surface area contributed by atoms with Gasteiger partial charge in [0.15, 0.2) is 0 Å². The molecule has 0 unspecified atom stereocenters. The third kappa shape index (κ3) is 6.58. The second kappa shape index (κ2) is 9.61. The van der Waals surface area contributed by atoms with Crippen molar-refractivity contribution in [3.8, 4) is 0 Å². The SMILES string of the molecule is CSCC[C@H](N)C(=O)NCCCN1CCOCC1. The van der Waals surface area contributed by atoms with Gasteiger partial charge in [0.05, 0.1) is 19.3 Å². The average Bonchev–Trinajstić information content (AvgIpc) is 2.41. The minimum Gasteiger partial charge on any atom is -0.379 e. The quantitative estimate of drug-likeness (QED) is 0.606. The first kappa shape index (κ1) is 15.8. The zero-order valence-electron chi connectivity index (χ0n) is 11.2. The number of carbonyl (C=O) groups is 1. The molecular weight excluding hydrogens is 250 g/mol. The van der Waals surface area contributed by atoms with Gasteiger partial charge in [0, 0.05) is 19.6 Å². The predicted octanol–water partition coefficient (Wildman–Crippen LogP) is -0.0947. The zero-order valence-corrected chi connectivity index (χ0v) is 12.0. The fourth-order valence-corrected chi connectivity index (χ4v) is 2.34. The van der Waals surface area contributed by atoms with Crippen molar-refractivity contribution in [1.82, 2.24) is 10.2 Å². The fraction of sp³-hybridized carbons (Fsp3) is 0.917. The van der Waals surface area contributed by atoms with E-state index in [2.05, 4.69) is 10.2 Å². The summed E-state index contributed by atoms with van der Waals surface area (Å²) in [6.07, 6.45) is 3.74. The van der Waals surface area contributed by atoms with E-state index in [9.17, 15) is 4.79 Å². The molecule has 1 rings (SSSR count). The highest BCUT2D eigenvalue weighted by molar-refractivity contribution is 7.98. The normalized spacial score (nSPS) is 18.6. The molecule has 5 nitrogen and oxygen atoms in total. The summed E-state index contributed by atoms with van der Waals surface area (Å²) >= 11 is 1.72. The standard InChI is InChI=1S/C12H25N3O2S/c1-18-10-3-11(13)12(16)14-4-2-5-15-6-8-17-9-7-15/h11H,2-10,13H2,1H3,(H,14,16)/t11-/m0/s1. The van der Waals surface area contributed by atoms with Gasteiger partial charge < -0.3 is 15.8 Å². The third-order valence-corrected chi connectivity index (χ3v) is 3.67. The molecule has 0 aromatic heterocycles. The molecule has 1 amide bonds. The maximum absolute atomic E-state index is 11.6. The van der Waals surface area contributed by atoms with Crippen LogP contribution in [0.25, 0.3) is 0 Å². The van der Waals surface area contributed by atoms with E-state index in [1.165, 1.54) is 0 Å². The van der Waals surface area contributed by atoms with Crippen molar-refractivity contribution in [3.63, 3.8) is 0 Å². The smallest absolute Gasteiger partial charge is 0.236 e. The zero-order chi connectivity index (χ0) is 13.2. The highest BCUT2D eigenvalue weighted by Crippen LogP contribution is 1.99. The molecule has 1 atom stereocenters. The average molecular weight is 275 g/mol. The Morgan fingerprint density at radius 3 is 2.89 bits per heavy atom. The van der Waals surface area contributed by atoms with Crippen molar-refractivity contribution in [1.29, 1.82) is 0 Å². The van der Waals surface area contributed by atoms with E-state index in [4.69, 9.17) is 10.5 Å². The van der Waals surface area contributed by atoms with E-state index in [1.807, 2.05) is 6.26 Å². The number of hydrogen-bond donors (Lipinski definition) is 2. The molecule has 0 saturated carbocycles. The number of rotatable bonds is 8. The Morgan fingerprint density at radius 2 is 2.22 bits per heavy atom. The monoisotopic (exact) mass is 275 g/mol. The van der Waals surface area contributed by atoms with Crippen LogP contribution in [-0.4, -0.2) is 68.3 Å². The molecule has 0 spiro atoms. The van der Waals surface area contributed by atoms with Crippen molar-refractivity contribution >= 4 is 17.7 Å². The summed E-state index contributed by atoms with van der Waals surface area (Å²) in [6.45, 7) is 5.38. The van der Waals surface area contributed by atoms with Crippen LogP contribution in [0, 0.1) is 0 Å². The first-order valence-corrected chi connectivity index (χ1v) is 7.95. The van der Waals surface area contributed by atoms with Crippen LogP contribution in [0.5, 0.6) is 0 Å². The molecule has 0 aromatic carbocycles. The van der Waals surface area contributed by atoms with Crippen LogP contribution in [0.2, 0.25) is 0 Å². The minimum atomic E-state index is -0.360. The molecule has 0 radical (unpaired) electrons. The Hall–Kier alpha value is -0.300. The van der Waals surface area contributed by atoms with Gasteiger partial charge in [0.1, 0.15) is 0 Å². The summed E-state index contributed by atoms with van der Waals surface area (Å²) < 4.78 is 5.28. The Bertz CT molecular complexity index is 235. The number of nitrogens with two attached hydrogens (primary N) is 1. The highest BCUT2D eigenvalue weighted by atomic mass is 32.2. The molecule has 0 aliphatic carbocycles. The van der Waals surface area contributed by atoms with Crippen molar-refractivity contribution in [2.24, 2.45) is 5.73 Å². The molecule has 1 aliphatic heterocycles. The third-order valence-electron chi connectivity index (χ3n) is 3.02. The summed E-state index contributed by atoms with van der Waals surface area (Å²) in [4.78, 5) is 14.0. The molecule has 1 fully saturated rings. The summed E-state index contributed by atoms with van der Waals surface area (Å²) in [5.41, 5.74) is 5.78. The molecule has 1 aliphatic rings. The van der Waals surface area contributed by atoms with Crippen molar-refractivity contribution in [2.45, 2.75) is 18.9 Å². The summed E-state index contributed by atoms with van der Waals surface area (Å²) in [7, 11) is 0. The summed E-state index contributed by atoms with van der Waals surface area (Å²) in [6, 6.07) is -0.360. The van der Waals surface area contributed by atoms with Crippen molar-refractivity contribution in [2.75, 3.05) is 51.4 Å². The lowest BCUT2D eigenvalue weighted by atomic mass is 10.2. The number of amides is 1. The lowest BCUT2D eigenvalue weighted by Crippen LogP contribution is -2.42. The Morgan fingerprint density at radius 1 is 1.50 bits per heavy atom. The predicted molar refractivity (Wildman–Crippen MR) is 75.9 cm³/mol. The molecule has 18 heavy (non-hydrogen) atoms. The van der Waals surface area contributed by atoms with Gasteiger partial charge in [0.2, 0.25) is 5.91 Å². The second-order valence-corrected chi connectivity index (χ2v) is 5.47. The van der Waals surface area contributed by atoms with E-state index in [0.29, 0.717) is 6.54 Å². The highest BCUT2D eigenvalue weighted by Gasteiger charge is 2.13. The fourth-order valence-electron chi connectivity index (χ4n) is 1.85. The van der Waals surface area contributed by atoms with Crippen LogP contribution in [0.3, 0.4) is 0 Å². The maximum atomic E-state index is 11.6. The molecule has 3 N–H and O–H groups in total. The Kier molecular flexibility index (Phi) is 8.41. The first-order chi connectivity index (χ1) is 8.74. The topological polar surface area (TPSA) is 67.6 Å². The van der Waals surface area contributed by atoms with Gasteiger partial charge in [-0.2, -0.15) is 11.8 Å². The minimum absolute atomic E-state index is 0.0222. The number of ether oxygens (including phenoxy) is 1. The van der Waals surface area contributed by atoms with Gasteiger partial charge >= 0.3 is 0 Å². The molecule has 0 aromatic rings. The number of nitrogens with zero attached hydrogens (tertiary/aromatic N) is 1. The number of thioether (sulfide) groups is 1. The van der Waals surface area contributed by atoms with E-state index in [-0.39, 0.29) is 11.9 Å². The van der Waals surface area contributed by atoms with Crippen LogP contribution >= 0.6 is 11.8 Å². The Labute approximate surface area is 114 Å². The number of nitrogens with one attached hydrogen (secondary N) is 1. The number of carbonyl (C=O) groups excluding carboxylic acids is 1. The van der Waals surface area contributed by atoms with Crippen LogP contribution in [0.4, 0.5) is 0 Å². The van der Waals surface area contributed by atoms with E-state index in [1.54, 1.807) is 11.8 Å². The lowest BCUT2D eigenvalue weighted by molar-refractivity contribution is -0.122. The van der Waals surface area contributed by atoms with E-state index < -0.39 is 0 Å². The molecular formula is C12H25N3O2S. The molecule has 0 bridgehead atoms. The first-order valence-electron chi connectivity index (χ1n) is 6.56. The van der Waals surface area contributed by atoms with E-state index in [0.717, 1.165) is 51.4 Å². The van der Waals surface area contributed by atoms with Gasteiger partial charge in [-0.1, -0.05) is 0 Å². The molecule has 1 saturated heterocycles. The number of hydrogen-bond acceptors (Lipinski definition) is 5. The Balaban J connectivity index is 2.00. The summed E-state index contributed by atoms with van der Waals surface area (Å²) in [5, 5.41) is 2.90. The molecule has 6 heteroatoms. The maximum Gasteiger partial charge on any atom is 0.236 e. The lowest BCUT2D eigenvalue weighted by Gasteiger charge is -2.26. The van der Waals surface area contributed by atoms with Crippen molar-refractivity contribution < 1.29 is 9.53 Å². The van der Waals surface area contributed by atoms with Crippen LogP contribution in [0.1, 0.15) is 12.8 Å². The molecule has 106 valence electrons. The number of morpholine rings is 1. The second-order valence-electron chi connectivity index (χ2n) is 4.49. The van der Waals surface area contributed by atoms with Gasteiger partial charge in [-0.15, -0.1) is 0 Å². The van der Waals surface area contributed by atoms with Gasteiger partial charge in [0.25, 0.3) is 0 Å².